The molecule has 0 amide bonds. The molecule has 1 saturated heterocycles. The molecule has 3 heteroatoms. The molecule has 0 aromatic heterocycles. The van der Waals surface area contributed by atoms with Crippen LogP contribution in [0.15, 0.2) is 0 Å². The van der Waals surface area contributed by atoms with E-state index in [1.165, 1.54) is 38.8 Å². The third kappa shape index (κ3) is 4.04. The van der Waals surface area contributed by atoms with E-state index in [0.717, 1.165) is 12.5 Å². The highest BCUT2D eigenvalue weighted by atomic mass is 16.3. The summed E-state index contributed by atoms with van der Waals surface area (Å²) in [5.74, 6) is 0.941. The van der Waals surface area contributed by atoms with E-state index in [2.05, 4.69) is 24.1 Å². The first-order chi connectivity index (χ1) is 7.63. The van der Waals surface area contributed by atoms with Gasteiger partial charge in [-0.1, -0.05) is 19.8 Å². The van der Waals surface area contributed by atoms with Gasteiger partial charge in [0.15, 0.2) is 0 Å². The molecule has 0 bridgehead atoms. The van der Waals surface area contributed by atoms with Gasteiger partial charge in [0.2, 0.25) is 0 Å². The monoisotopic (exact) mass is 228 g/mol. The molecular formula is C13H28N2O. The van der Waals surface area contributed by atoms with Crippen LogP contribution in [0.3, 0.4) is 0 Å². The molecule has 1 rings (SSSR count). The fraction of sp³-hybridized carbons (Fsp3) is 1.00. The van der Waals surface area contributed by atoms with Crippen molar-refractivity contribution >= 4 is 0 Å². The summed E-state index contributed by atoms with van der Waals surface area (Å²) < 4.78 is 0. The van der Waals surface area contributed by atoms with Crippen LogP contribution in [0, 0.1) is 5.92 Å². The zero-order valence-corrected chi connectivity index (χ0v) is 11.1. The maximum Gasteiger partial charge on any atom is 0.0623 e. The summed E-state index contributed by atoms with van der Waals surface area (Å²) in [5.41, 5.74) is -0.141. The number of piperidine rings is 1. The van der Waals surface area contributed by atoms with Crippen LogP contribution in [0.4, 0.5) is 0 Å². The molecule has 1 atom stereocenters. The predicted octanol–water partition coefficient (Wildman–Crippen LogP) is 1.47. The Balaban J connectivity index is 2.31. The normalized spacial score (nSPS) is 23.2. The first-order valence-electron chi connectivity index (χ1n) is 6.65. The predicted molar refractivity (Wildman–Crippen MR) is 68.6 cm³/mol. The van der Waals surface area contributed by atoms with E-state index < -0.39 is 0 Å². The SMILES string of the molecule is CCCC1CCN(CC(C)(CO)NC)CC1. The Labute approximate surface area is 100 Å². The van der Waals surface area contributed by atoms with E-state index in [4.69, 9.17) is 0 Å². The molecule has 2 N–H and O–H groups in total. The van der Waals surface area contributed by atoms with Crippen LogP contribution in [0.1, 0.15) is 39.5 Å². The van der Waals surface area contributed by atoms with Crippen molar-refractivity contribution in [3.63, 3.8) is 0 Å². The van der Waals surface area contributed by atoms with E-state index >= 15 is 0 Å². The summed E-state index contributed by atoms with van der Waals surface area (Å²) in [6.45, 7) is 7.92. The molecule has 0 aromatic rings. The number of likely N-dealkylation sites (tertiary alicyclic amines) is 1. The van der Waals surface area contributed by atoms with Gasteiger partial charge in [0, 0.05) is 6.54 Å². The molecule has 1 heterocycles. The third-order valence-corrected chi connectivity index (χ3v) is 3.93. The molecule has 96 valence electrons. The van der Waals surface area contributed by atoms with Gasteiger partial charge in [-0.05, 0) is 45.8 Å². The molecule has 1 aliphatic rings. The van der Waals surface area contributed by atoms with E-state index in [-0.39, 0.29) is 12.1 Å². The Bertz CT molecular complexity index is 184. The number of nitrogens with zero attached hydrogens (tertiary/aromatic N) is 1. The minimum absolute atomic E-state index is 0.141. The van der Waals surface area contributed by atoms with Crippen molar-refractivity contribution in [2.45, 2.75) is 45.1 Å². The molecule has 1 unspecified atom stereocenters. The van der Waals surface area contributed by atoms with Crippen molar-refractivity contribution in [3.8, 4) is 0 Å². The fourth-order valence-corrected chi connectivity index (χ4v) is 2.54. The molecule has 0 aliphatic carbocycles. The summed E-state index contributed by atoms with van der Waals surface area (Å²) in [4.78, 5) is 2.48. The van der Waals surface area contributed by atoms with Crippen molar-refractivity contribution in [2.24, 2.45) is 5.92 Å². The van der Waals surface area contributed by atoms with Crippen molar-refractivity contribution in [1.29, 1.82) is 0 Å². The molecule has 3 nitrogen and oxygen atoms in total. The molecule has 0 spiro atoms. The van der Waals surface area contributed by atoms with E-state index in [1.807, 2.05) is 7.05 Å². The highest BCUT2D eigenvalue weighted by Crippen LogP contribution is 2.22. The van der Waals surface area contributed by atoms with Gasteiger partial charge in [0.05, 0.1) is 12.1 Å². The zero-order chi connectivity index (χ0) is 12.0. The highest BCUT2D eigenvalue weighted by molar-refractivity contribution is 4.86. The summed E-state index contributed by atoms with van der Waals surface area (Å²) in [6, 6.07) is 0. The molecule has 16 heavy (non-hydrogen) atoms. The maximum atomic E-state index is 9.36. The third-order valence-electron chi connectivity index (χ3n) is 3.93. The van der Waals surface area contributed by atoms with Gasteiger partial charge in [-0.25, -0.2) is 0 Å². The fourth-order valence-electron chi connectivity index (χ4n) is 2.54. The lowest BCUT2D eigenvalue weighted by Crippen LogP contribution is -2.53. The highest BCUT2D eigenvalue weighted by Gasteiger charge is 2.27. The number of nitrogens with one attached hydrogen (secondary N) is 1. The van der Waals surface area contributed by atoms with Gasteiger partial charge >= 0.3 is 0 Å². The number of aliphatic hydroxyl groups excluding tert-OH is 1. The quantitative estimate of drug-likeness (QED) is 0.722. The maximum absolute atomic E-state index is 9.36. The molecule has 1 fully saturated rings. The average Bonchev–Trinajstić information content (AvgIpc) is 2.32. The van der Waals surface area contributed by atoms with E-state index in [1.54, 1.807) is 0 Å². The largest absolute Gasteiger partial charge is 0.394 e. The summed E-state index contributed by atoms with van der Waals surface area (Å²) >= 11 is 0. The minimum atomic E-state index is -0.141. The first-order valence-corrected chi connectivity index (χ1v) is 6.65. The Morgan fingerprint density at radius 3 is 2.44 bits per heavy atom. The lowest BCUT2D eigenvalue weighted by atomic mass is 9.91. The average molecular weight is 228 g/mol. The smallest absolute Gasteiger partial charge is 0.0623 e. The lowest BCUT2D eigenvalue weighted by molar-refractivity contribution is 0.0993. The minimum Gasteiger partial charge on any atom is -0.394 e. The number of likely N-dealkylation sites (N-methyl/N-ethyl adjacent to an activating group) is 1. The van der Waals surface area contributed by atoms with Crippen LogP contribution in [-0.2, 0) is 0 Å². The number of aliphatic hydroxyl groups is 1. The van der Waals surface area contributed by atoms with Crippen LogP contribution in [-0.4, -0.2) is 48.8 Å². The second-order valence-electron chi connectivity index (χ2n) is 5.48. The Morgan fingerprint density at radius 1 is 1.38 bits per heavy atom. The Kier molecular flexibility index (Phi) is 5.73. The van der Waals surface area contributed by atoms with Crippen molar-refractivity contribution < 1.29 is 5.11 Å². The van der Waals surface area contributed by atoms with E-state index in [9.17, 15) is 5.11 Å². The van der Waals surface area contributed by atoms with Gasteiger partial charge in [-0.15, -0.1) is 0 Å². The van der Waals surface area contributed by atoms with Crippen molar-refractivity contribution in [2.75, 3.05) is 33.3 Å². The summed E-state index contributed by atoms with van der Waals surface area (Å²) in [5, 5.41) is 12.6. The second-order valence-corrected chi connectivity index (χ2v) is 5.48. The standard InChI is InChI=1S/C13H28N2O/c1-4-5-12-6-8-15(9-7-12)10-13(2,11-16)14-3/h12,14,16H,4-11H2,1-3H3. The second kappa shape index (κ2) is 6.58. The molecule has 0 aromatic carbocycles. The van der Waals surface area contributed by atoms with Crippen LogP contribution >= 0.6 is 0 Å². The van der Waals surface area contributed by atoms with Crippen molar-refractivity contribution in [1.82, 2.24) is 10.2 Å². The number of rotatable bonds is 6. The molecule has 0 radical (unpaired) electrons. The zero-order valence-electron chi connectivity index (χ0n) is 11.1. The first kappa shape index (κ1) is 13.9. The molecular weight excluding hydrogens is 200 g/mol. The Hall–Kier alpha value is -0.120. The Morgan fingerprint density at radius 2 is 2.00 bits per heavy atom. The van der Waals surface area contributed by atoms with Crippen molar-refractivity contribution in [3.05, 3.63) is 0 Å². The lowest BCUT2D eigenvalue weighted by Gasteiger charge is -2.38. The van der Waals surface area contributed by atoms with Gasteiger partial charge in [0.25, 0.3) is 0 Å². The summed E-state index contributed by atoms with van der Waals surface area (Å²) in [6.07, 6.45) is 5.37. The topological polar surface area (TPSA) is 35.5 Å². The number of hydrogen-bond acceptors (Lipinski definition) is 3. The van der Waals surface area contributed by atoms with Gasteiger partial charge in [0.1, 0.15) is 0 Å². The van der Waals surface area contributed by atoms with Gasteiger partial charge in [-0.2, -0.15) is 0 Å². The van der Waals surface area contributed by atoms with Crippen LogP contribution in [0.5, 0.6) is 0 Å². The van der Waals surface area contributed by atoms with Crippen LogP contribution < -0.4 is 5.32 Å². The van der Waals surface area contributed by atoms with Crippen LogP contribution in [0.25, 0.3) is 0 Å². The van der Waals surface area contributed by atoms with E-state index in [0.29, 0.717) is 0 Å². The molecule has 1 aliphatic heterocycles. The summed E-state index contributed by atoms with van der Waals surface area (Å²) in [7, 11) is 1.93. The van der Waals surface area contributed by atoms with Crippen LogP contribution in [0.2, 0.25) is 0 Å². The van der Waals surface area contributed by atoms with Gasteiger partial charge < -0.3 is 15.3 Å². The number of hydrogen-bond donors (Lipinski definition) is 2. The van der Waals surface area contributed by atoms with Gasteiger partial charge in [-0.3, -0.25) is 0 Å². The molecule has 0 saturated carbocycles.